The minimum absolute atomic E-state index is 0.506. The number of carbonyl (C=O) groups excluding carboxylic acids is 1. The van der Waals surface area contributed by atoms with Crippen molar-refractivity contribution in [1.29, 1.82) is 0 Å². The number of ketones is 1. The van der Waals surface area contributed by atoms with E-state index in [0.717, 1.165) is 6.92 Å². The minimum atomic E-state index is -2.79. The molecule has 3 N–H and O–H groups in total. The van der Waals surface area contributed by atoms with Crippen molar-refractivity contribution < 1.29 is 13.2 Å². The van der Waals surface area contributed by atoms with E-state index in [1.807, 2.05) is 5.43 Å². The van der Waals surface area contributed by atoms with Gasteiger partial charge in [0.2, 0.25) is 0 Å². The first-order chi connectivity index (χ1) is 4.09. The highest BCUT2D eigenvalue weighted by atomic mass is 32.2. The third-order valence-electron chi connectivity index (χ3n) is 0.754. The molecule has 0 aliphatic carbocycles. The molecule has 5 nitrogen and oxygen atoms in total. The van der Waals surface area contributed by atoms with Crippen LogP contribution < -0.4 is 11.3 Å². The monoisotopic (exact) mass is 152 g/mol. The highest BCUT2D eigenvalue weighted by Gasteiger charge is 2.13. The Labute approximate surface area is 54.1 Å². The van der Waals surface area contributed by atoms with Gasteiger partial charge in [0.1, 0.15) is 0 Å². The van der Waals surface area contributed by atoms with Gasteiger partial charge in [-0.25, -0.2) is 13.8 Å². The molecule has 1 atom stereocenters. The summed E-state index contributed by atoms with van der Waals surface area (Å²) in [5, 5.41) is -1.24. The average molecular weight is 152 g/mol. The van der Waals surface area contributed by atoms with Crippen molar-refractivity contribution in [3.05, 3.63) is 0 Å². The molecule has 9 heavy (non-hydrogen) atoms. The topological polar surface area (TPSA) is 89.3 Å². The Morgan fingerprint density at radius 3 is 2.11 bits per heavy atom. The Bertz CT molecular complexity index is 168. The van der Waals surface area contributed by atoms with Gasteiger partial charge in [0.15, 0.2) is 21.9 Å². The molecular weight excluding hydrogens is 144 g/mol. The average Bonchev–Trinajstić information content (AvgIpc) is 1.64. The van der Waals surface area contributed by atoms with Crippen molar-refractivity contribution in [1.82, 2.24) is 5.43 Å². The van der Waals surface area contributed by atoms with Crippen molar-refractivity contribution in [2.75, 3.05) is 0 Å². The third kappa shape index (κ3) is 2.54. The van der Waals surface area contributed by atoms with E-state index in [1.165, 1.54) is 0 Å². The van der Waals surface area contributed by atoms with Gasteiger partial charge >= 0.3 is 0 Å². The third-order valence-corrected chi connectivity index (χ3v) is 1.69. The molecule has 0 aliphatic heterocycles. The van der Waals surface area contributed by atoms with Crippen molar-refractivity contribution >= 4 is 16.5 Å². The lowest BCUT2D eigenvalue weighted by atomic mass is 10.5. The largest absolute Gasteiger partial charge is 0.297 e. The summed E-state index contributed by atoms with van der Waals surface area (Å²) < 4.78 is 20.1. The number of carbonyl (C=O) groups is 1. The first-order valence-corrected chi connectivity index (χ1v) is 3.44. The SMILES string of the molecule is CC(=O)C(NN)[SH](=O)=O. The smallest absolute Gasteiger partial charge is 0.178 e. The number of hydrogen-bond acceptors (Lipinski definition) is 5. The number of Topliss-reactive ketones (excluding diaryl/α,β-unsaturated/α-hetero) is 1. The van der Waals surface area contributed by atoms with Gasteiger partial charge in [0.25, 0.3) is 0 Å². The molecule has 0 fully saturated rings. The minimum Gasteiger partial charge on any atom is -0.297 e. The zero-order chi connectivity index (χ0) is 7.44. The Morgan fingerprint density at radius 1 is 1.67 bits per heavy atom. The number of hydrogen-bond donors (Lipinski definition) is 3. The molecule has 0 aromatic carbocycles. The lowest BCUT2D eigenvalue weighted by Gasteiger charge is -2.01. The van der Waals surface area contributed by atoms with E-state index >= 15 is 0 Å². The summed E-state index contributed by atoms with van der Waals surface area (Å²) in [5.74, 6) is 4.21. The highest BCUT2D eigenvalue weighted by molar-refractivity contribution is 7.74. The zero-order valence-electron chi connectivity index (χ0n) is 4.83. The lowest BCUT2D eigenvalue weighted by molar-refractivity contribution is -0.117. The molecule has 0 saturated carbocycles. The van der Waals surface area contributed by atoms with Gasteiger partial charge in [0.05, 0.1) is 0 Å². The molecule has 0 bridgehead atoms. The van der Waals surface area contributed by atoms with Crippen LogP contribution in [0.15, 0.2) is 0 Å². The van der Waals surface area contributed by atoms with Crippen LogP contribution >= 0.6 is 0 Å². The van der Waals surface area contributed by atoms with Crippen LogP contribution in [0.3, 0.4) is 0 Å². The van der Waals surface area contributed by atoms with Crippen LogP contribution in [0.1, 0.15) is 6.92 Å². The van der Waals surface area contributed by atoms with E-state index in [0.29, 0.717) is 0 Å². The van der Waals surface area contributed by atoms with Gasteiger partial charge in [-0.2, -0.15) is 0 Å². The van der Waals surface area contributed by atoms with Crippen LogP contribution in [0.25, 0.3) is 0 Å². The first-order valence-electron chi connectivity index (χ1n) is 2.19. The maximum atomic E-state index is 10.3. The maximum Gasteiger partial charge on any atom is 0.178 e. The maximum absolute atomic E-state index is 10.3. The molecule has 0 aromatic rings. The van der Waals surface area contributed by atoms with E-state index in [4.69, 9.17) is 5.84 Å². The van der Waals surface area contributed by atoms with Crippen LogP contribution in [0.5, 0.6) is 0 Å². The van der Waals surface area contributed by atoms with E-state index in [9.17, 15) is 13.2 Å². The number of nitrogens with two attached hydrogens (primary N) is 1. The molecule has 0 heterocycles. The fraction of sp³-hybridized carbons (Fsp3) is 0.667. The quantitative estimate of drug-likeness (QED) is 0.247. The first kappa shape index (κ1) is 8.54. The second kappa shape index (κ2) is 3.54. The van der Waals surface area contributed by atoms with Crippen LogP contribution in [-0.4, -0.2) is 19.6 Å². The van der Waals surface area contributed by atoms with Gasteiger partial charge in [-0.3, -0.25) is 10.6 Å². The van der Waals surface area contributed by atoms with Crippen LogP contribution in [-0.2, 0) is 15.5 Å². The van der Waals surface area contributed by atoms with Gasteiger partial charge in [-0.15, -0.1) is 0 Å². The number of rotatable bonds is 3. The Balaban J connectivity index is 4.16. The second-order valence-corrected chi connectivity index (χ2v) is 2.55. The molecule has 0 spiro atoms. The van der Waals surface area contributed by atoms with Crippen molar-refractivity contribution in [3.63, 3.8) is 0 Å². The van der Waals surface area contributed by atoms with Gasteiger partial charge in [-0.05, 0) is 6.92 Å². The fourth-order valence-electron chi connectivity index (χ4n) is 0.327. The molecule has 0 saturated heterocycles. The molecule has 0 rings (SSSR count). The van der Waals surface area contributed by atoms with Crippen molar-refractivity contribution in [2.45, 2.75) is 12.3 Å². The number of nitrogens with one attached hydrogen (secondary N) is 1. The predicted molar refractivity (Wildman–Crippen MR) is 32.1 cm³/mol. The Kier molecular flexibility index (Phi) is 3.36. The zero-order valence-corrected chi connectivity index (χ0v) is 5.72. The summed E-state index contributed by atoms with van der Waals surface area (Å²) in [7, 11) is -2.79. The summed E-state index contributed by atoms with van der Waals surface area (Å²) in [6.45, 7) is 1.15. The van der Waals surface area contributed by atoms with Crippen LogP contribution in [0.4, 0.5) is 0 Å². The van der Waals surface area contributed by atoms with Gasteiger partial charge in [-0.1, -0.05) is 0 Å². The molecule has 0 aromatic heterocycles. The lowest BCUT2D eigenvalue weighted by Crippen LogP contribution is -2.41. The second-order valence-electron chi connectivity index (χ2n) is 1.47. The van der Waals surface area contributed by atoms with E-state index in [-0.39, 0.29) is 0 Å². The standard InChI is InChI=1S/C3H8N2O3S/c1-2(6)3(5-4)9(7)8/h3,5,9H,4H2,1H3. The van der Waals surface area contributed by atoms with E-state index < -0.39 is 21.9 Å². The molecule has 1 unspecified atom stereocenters. The molecule has 0 amide bonds. The van der Waals surface area contributed by atoms with Crippen molar-refractivity contribution in [2.24, 2.45) is 5.84 Å². The molecule has 6 heteroatoms. The Hall–Kier alpha value is -0.460. The number of hydrazine groups is 1. The summed E-state index contributed by atoms with van der Waals surface area (Å²) in [6, 6.07) is 0. The summed E-state index contributed by atoms with van der Waals surface area (Å²) in [5.41, 5.74) is 1.86. The van der Waals surface area contributed by atoms with Crippen LogP contribution in [0.2, 0.25) is 0 Å². The summed E-state index contributed by atoms with van der Waals surface area (Å²) in [4.78, 5) is 10.3. The Morgan fingerprint density at radius 2 is 2.11 bits per heavy atom. The number of thiol groups is 1. The molecule has 0 aliphatic rings. The molecular formula is C3H8N2O3S. The van der Waals surface area contributed by atoms with Crippen LogP contribution in [0, 0.1) is 0 Å². The van der Waals surface area contributed by atoms with E-state index in [1.54, 1.807) is 0 Å². The fourth-order valence-corrected chi connectivity index (χ4v) is 0.745. The van der Waals surface area contributed by atoms with Crippen molar-refractivity contribution in [3.8, 4) is 0 Å². The summed E-state index contributed by atoms with van der Waals surface area (Å²) >= 11 is 0. The van der Waals surface area contributed by atoms with E-state index in [2.05, 4.69) is 0 Å². The van der Waals surface area contributed by atoms with Gasteiger partial charge < -0.3 is 0 Å². The summed E-state index contributed by atoms with van der Waals surface area (Å²) in [6.07, 6.45) is 0. The van der Waals surface area contributed by atoms with Gasteiger partial charge in [0, 0.05) is 0 Å². The normalized spacial score (nSPS) is 13.7. The molecule has 0 radical (unpaired) electrons. The predicted octanol–water partition coefficient (Wildman–Crippen LogP) is -2.02. The highest BCUT2D eigenvalue weighted by Crippen LogP contribution is 1.81. The molecule has 54 valence electrons.